The predicted octanol–water partition coefficient (Wildman–Crippen LogP) is 3.09. The minimum Gasteiger partial charge on any atom is -0.378 e. The highest BCUT2D eigenvalue weighted by Crippen LogP contribution is 2.34. The molecule has 4 rings (SSSR count). The quantitative estimate of drug-likeness (QED) is 0.387. The van der Waals surface area contributed by atoms with Crippen LogP contribution in [0.15, 0.2) is 18.2 Å². The molecule has 1 saturated carbocycles. The van der Waals surface area contributed by atoms with Crippen LogP contribution in [0.3, 0.4) is 0 Å². The summed E-state index contributed by atoms with van der Waals surface area (Å²) in [5, 5.41) is 29.8. The van der Waals surface area contributed by atoms with Gasteiger partial charge in [-0.15, -0.1) is 0 Å². The Kier molecular flexibility index (Phi) is 7.45. The Morgan fingerprint density at radius 1 is 1.18 bits per heavy atom. The van der Waals surface area contributed by atoms with Gasteiger partial charge in [0.15, 0.2) is 0 Å². The van der Waals surface area contributed by atoms with Gasteiger partial charge in [-0.25, -0.2) is 0 Å². The van der Waals surface area contributed by atoms with Gasteiger partial charge >= 0.3 is 0 Å². The van der Waals surface area contributed by atoms with Gasteiger partial charge < -0.3 is 20.7 Å². The number of hydrogen-bond donors (Lipinski definition) is 5. The molecule has 2 fully saturated rings. The number of fused-ring (bicyclic) bond motifs is 1. The Hall–Kier alpha value is -2.31. The van der Waals surface area contributed by atoms with Gasteiger partial charge in [0.2, 0.25) is 5.91 Å². The highest BCUT2D eigenvalue weighted by molar-refractivity contribution is 6.38. The standard InChI is InChI=1S/C23H27Cl2N5O3/c24-15-7-14-9-19(29-20(14)17(25)10-15)23(33)30-18(6-12-3-4-12)22(32)28-16(11-26)8-13-2-1-5-27-21(13)31/h7,9-10,12-13,16,18,21,27,29,31H,1-6,8H2,(H,28,32)(H,30,33)/t13-,16-,18-,21?/m0/s1. The summed E-state index contributed by atoms with van der Waals surface area (Å²) < 4.78 is 0. The fraction of sp³-hybridized carbons (Fsp3) is 0.522. The summed E-state index contributed by atoms with van der Waals surface area (Å²) in [6.07, 6.45) is 3.91. The number of nitrogens with one attached hydrogen (secondary N) is 4. The maximum atomic E-state index is 13.0. The minimum atomic E-state index is -0.763. The van der Waals surface area contributed by atoms with E-state index in [0.717, 1.165) is 32.2 Å². The van der Waals surface area contributed by atoms with Crippen molar-refractivity contribution in [1.82, 2.24) is 20.9 Å². The molecule has 2 amide bonds. The average molecular weight is 492 g/mol. The second kappa shape index (κ2) is 10.3. The molecular weight excluding hydrogens is 465 g/mol. The molecule has 1 unspecified atom stereocenters. The van der Waals surface area contributed by atoms with Gasteiger partial charge in [-0.2, -0.15) is 5.26 Å². The lowest BCUT2D eigenvalue weighted by molar-refractivity contribution is -0.123. The first-order chi connectivity index (χ1) is 15.8. The van der Waals surface area contributed by atoms with Gasteiger partial charge in [0.1, 0.15) is 24.0 Å². The summed E-state index contributed by atoms with van der Waals surface area (Å²) in [5.41, 5.74) is 0.870. The first kappa shape index (κ1) is 23.8. The molecule has 2 aliphatic rings. The first-order valence-corrected chi connectivity index (χ1v) is 12.0. The molecule has 1 saturated heterocycles. The largest absolute Gasteiger partial charge is 0.378 e. The lowest BCUT2D eigenvalue weighted by Gasteiger charge is -2.30. The summed E-state index contributed by atoms with van der Waals surface area (Å²) in [4.78, 5) is 29.0. The Labute approximate surface area is 202 Å². The highest BCUT2D eigenvalue weighted by atomic mass is 35.5. The number of hydrogen-bond acceptors (Lipinski definition) is 5. The Bertz CT molecular complexity index is 1080. The lowest BCUT2D eigenvalue weighted by atomic mass is 9.91. The van der Waals surface area contributed by atoms with Crippen molar-refractivity contribution in [2.75, 3.05) is 6.54 Å². The number of nitrogens with zero attached hydrogens (tertiary/aromatic N) is 1. The van der Waals surface area contributed by atoms with E-state index in [1.165, 1.54) is 0 Å². The lowest BCUT2D eigenvalue weighted by Crippen LogP contribution is -2.51. The third-order valence-corrected chi connectivity index (χ3v) is 6.86. The van der Waals surface area contributed by atoms with Gasteiger partial charge in [-0.3, -0.25) is 14.9 Å². The number of aliphatic hydroxyl groups excluding tert-OH is 1. The van der Waals surface area contributed by atoms with Crippen LogP contribution in [0.4, 0.5) is 0 Å². The summed E-state index contributed by atoms with van der Waals surface area (Å²) in [7, 11) is 0. The maximum Gasteiger partial charge on any atom is 0.268 e. The zero-order valence-electron chi connectivity index (χ0n) is 18.0. The number of aromatic nitrogens is 1. The van der Waals surface area contributed by atoms with E-state index in [1.807, 2.05) is 0 Å². The number of rotatable bonds is 8. The van der Waals surface area contributed by atoms with Crippen molar-refractivity contribution in [3.63, 3.8) is 0 Å². The van der Waals surface area contributed by atoms with Crippen LogP contribution in [0.2, 0.25) is 10.0 Å². The van der Waals surface area contributed by atoms with Crippen LogP contribution in [-0.2, 0) is 4.79 Å². The number of nitriles is 1. The second-order valence-electron chi connectivity index (χ2n) is 8.97. The first-order valence-electron chi connectivity index (χ1n) is 11.2. The van der Waals surface area contributed by atoms with E-state index in [9.17, 15) is 20.0 Å². The summed E-state index contributed by atoms with van der Waals surface area (Å²) >= 11 is 12.3. The van der Waals surface area contributed by atoms with Crippen molar-refractivity contribution >= 4 is 45.9 Å². The van der Waals surface area contributed by atoms with E-state index in [0.29, 0.717) is 39.7 Å². The van der Waals surface area contributed by atoms with Gasteiger partial charge in [-0.1, -0.05) is 36.0 Å². The molecule has 0 bridgehead atoms. The van der Waals surface area contributed by atoms with Crippen LogP contribution in [0.25, 0.3) is 10.9 Å². The fourth-order valence-corrected chi connectivity index (χ4v) is 4.90. The number of halogens is 2. The topological polar surface area (TPSA) is 130 Å². The monoisotopic (exact) mass is 491 g/mol. The van der Waals surface area contributed by atoms with Crippen LogP contribution in [-0.4, -0.2) is 46.8 Å². The number of aromatic amines is 1. The summed E-state index contributed by atoms with van der Waals surface area (Å²) in [6, 6.07) is 5.55. The Balaban J connectivity index is 1.43. The number of piperidine rings is 1. The Morgan fingerprint density at radius 2 is 1.97 bits per heavy atom. The molecule has 1 aromatic heterocycles. The number of aliphatic hydroxyl groups is 1. The van der Waals surface area contributed by atoms with E-state index in [4.69, 9.17) is 23.2 Å². The number of H-pyrrole nitrogens is 1. The molecule has 1 aliphatic carbocycles. The van der Waals surface area contributed by atoms with Gasteiger partial charge in [-0.05, 0) is 56.3 Å². The molecule has 1 aromatic carbocycles. The zero-order valence-corrected chi connectivity index (χ0v) is 19.5. The smallest absolute Gasteiger partial charge is 0.268 e. The van der Waals surface area contributed by atoms with E-state index in [2.05, 4.69) is 27.0 Å². The molecule has 4 atom stereocenters. The van der Waals surface area contributed by atoms with Crippen LogP contribution >= 0.6 is 23.2 Å². The summed E-state index contributed by atoms with van der Waals surface area (Å²) in [6.45, 7) is 0.738. The number of benzene rings is 1. The van der Waals surface area contributed by atoms with Crippen molar-refractivity contribution in [3.8, 4) is 6.07 Å². The third-order valence-electron chi connectivity index (χ3n) is 6.34. The normalized spacial score (nSPS) is 22.4. The maximum absolute atomic E-state index is 13.0. The zero-order chi connectivity index (χ0) is 23.5. The molecule has 2 aromatic rings. The second-order valence-corrected chi connectivity index (χ2v) is 9.81. The molecule has 0 spiro atoms. The molecule has 8 nitrogen and oxygen atoms in total. The van der Waals surface area contributed by atoms with Gasteiger partial charge in [0.25, 0.3) is 5.91 Å². The molecule has 176 valence electrons. The molecular formula is C23H27Cl2N5O3. The third kappa shape index (κ3) is 5.98. The number of carbonyl (C=O) groups excluding carboxylic acids is 2. The highest BCUT2D eigenvalue weighted by Gasteiger charge is 2.33. The van der Waals surface area contributed by atoms with Crippen molar-refractivity contribution in [1.29, 1.82) is 5.26 Å². The minimum absolute atomic E-state index is 0.108. The molecule has 10 heteroatoms. The predicted molar refractivity (Wildman–Crippen MR) is 126 cm³/mol. The van der Waals surface area contributed by atoms with E-state index < -0.39 is 30.1 Å². The molecule has 0 radical (unpaired) electrons. The van der Waals surface area contributed by atoms with Gasteiger partial charge in [0.05, 0.1) is 16.6 Å². The number of carbonyl (C=O) groups is 2. The molecule has 5 N–H and O–H groups in total. The average Bonchev–Trinajstić information content (AvgIpc) is 3.49. The Morgan fingerprint density at radius 3 is 2.67 bits per heavy atom. The van der Waals surface area contributed by atoms with Gasteiger partial charge in [0, 0.05) is 16.3 Å². The van der Waals surface area contributed by atoms with Crippen molar-refractivity contribution < 1.29 is 14.7 Å². The SMILES string of the molecule is N#C[C@H](C[C@@H]1CCCNC1O)NC(=O)[C@H](CC1CC1)NC(=O)c1cc2cc(Cl)cc(Cl)c2[nH]1. The van der Waals surface area contributed by atoms with E-state index in [1.54, 1.807) is 18.2 Å². The van der Waals surface area contributed by atoms with Crippen LogP contribution in [0.5, 0.6) is 0 Å². The van der Waals surface area contributed by atoms with E-state index >= 15 is 0 Å². The number of amides is 2. The van der Waals surface area contributed by atoms with Crippen LogP contribution < -0.4 is 16.0 Å². The van der Waals surface area contributed by atoms with Crippen molar-refractivity contribution in [2.24, 2.45) is 11.8 Å². The molecule has 33 heavy (non-hydrogen) atoms. The van der Waals surface area contributed by atoms with Crippen molar-refractivity contribution in [3.05, 3.63) is 33.9 Å². The summed E-state index contributed by atoms with van der Waals surface area (Å²) in [5.74, 6) is -0.554. The van der Waals surface area contributed by atoms with Crippen LogP contribution in [0.1, 0.15) is 49.0 Å². The van der Waals surface area contributed by atoms with Crippen molar-refractivity contribution in [2.45, 2.75) is 56.8 Å². The fourth-order valence-electron chi connectivity index (χ4n) is 4.35. The van der Waals surface area contributed by atoms with E-state index in [-0.39, 0.29) is 11.6 Å². The van der Waals surface area contributed by atoms with Crippen LogP contribution in [0, 0.1) is 23.2 Å². The molecule has 2 heterocycles. The molecule has 1 aliphatic heterocycles.